The predicted octanol–water partition coefficient (Wildman–Crippen LogP) is 2.51. The molecular formula is C14H22FNO. The fourth-order valence-electron chi connectivity index (χ4n) is 2.00. The molecule has 0 aromatic heterocycles. The van der Waals surface area contributed by atoms with Crippen LogP contribution < -0.4 is 5.32 Å². The minimum absolute atomic E-state index is 0.193. The Morgan fingerprint density at radius 3 is 2.47 bits per heavy atom. The first-order valence-corrected chi connectivity index (χ1v) is 6.27. The van der Waals surface area contributed by atoms with Crippen LogP contribution in [0.4, 0.5) is 4.39 Å². The topological polar surface area (TPSA) is 32.3 Å². The third kappa shape index (κ3) is 5.29. The summed E-state index contributed by atoms with van der Waals surface area (Å²) in [7, 11) is 0. The normalized spacial score (nSPS) is 14.6. The maximum absolute atomic E-state index is 12.7. The third-order valence-corrected chi connectivity index (χ3v) is 2.95. The molecule has 0 saturated heterocycles. The van der Waals surface area contributed by atoms with Gasteiger partial charge in [0.2, 0.25) is 0 Å². The van der Waals surface area contributed by atoms with Crippen molar-refractivity contribution in [2.45, 2.75) is 45.2 Å². The molecule has 0 aliphatic carbocycles. The van der Waals surface area contributed by atoms with Crippen LogP contribution in [0.5, 0.6) is 0 Å². The van der Waals surface area contributed by atoms with E-state index in [0.717, 1.165) is 24.8 Å². The van der Waals surface area contributed by atoms with Gasteiger partial charge in [-0.25, -0.2) is 4.39 Å². The SMILES string of the molecule is CCC(CCO)NC(C)Cc1ccc(F)cc1. The van der Waals surface area contributed by atoms with Crippen molar-refractivity contribution in [3.8, 4) is 0 Å². The van der Waals surface area contributed by atoms with E-state index in [-0.39, 0.29) is 12.4 Å². The molecule has 0 fully saturated rings. The molecule has 2 atom stereocenters. The Morgan fingerprint density at radius 1 is 1.29 bits per heavy atom. The van der Waals surface area contributed by atoms with E-state index >= 15 is 0 Å². The van der Waals surface area contributed by atoms with Gasteiger partial charge in [-0.15, -0.1) is 0 Å². The molecular weight excluding hydrogens is 217 g/mol. The Labute approximate surface area is 103 Å². The van der Waals surface area contributed by atoms with Gasteiger partial charge in [-0.2, -0.15) is 0 Å². The number of hydrogen-bond acceptors (Lipinski definition) is 2. The summed E-state index contributed by atoms with van der Waals surface area (Å²) in [5.74, 6) is -0.193. The molecule has 1 aromatic carbocycles. The van der Waals surface area contributed by atoms with Gasteiger partial charge in [0, 0.05) is 18.7 Å². The zero-order valence-electron chi connectivity index (χ0n) is 10.6. The highest BCUT2D eigenvalue weighted by Gasteiger charge is 2.10. The molecule has 1 aromatic rings. The van der Waals surface area contributed by atoms with E-state index in [1.165, 1.54) is 12.1 Å². The van der Waals surface area contributed by atoms with Crippen molar-refractivity contribution in [3.63, 3.8) is 0 Å². The van der Waals surface area contributed by atoms with Crippen molar-refractivity contribution in [3.05, 3.63) is 35.6 Å². The van der Waals surface area contributed by atoms with Crippen LogP contribution >= 0.6 is 0 Å². The van der Waals surface area contributed by atoms with Crippen LogP contribution in [-0.2, 0) is 6.42 Å². The summed E-state index contributed by atoms with van der Waals surface area (Å²) < 4.78 is 12.7. The van der Waals surface area contributed by atoms with E-state index in [2.05, 4.69) is 19.2 Å². The van der Waals surface area contributed by atoms with Gasteiger partial charge in [0.1, 0.15) is 5.82 Å². The number of aliphatic hydroxyl groups excluding tert-OH is 1. The highest BCUT2D eigenvalue weighted by Crippen LogP contribution is 2.07. The summed E-state index contributed by atoms with van der Waals surface area (Å²) in [6.07, 6.45) is 2.67. The molecule has 0 bridgehead atoms. The van der Waals surface area contributed by atoms with Gasteiger partial charge < -0.3 is 10.4 Å². The standard InChI is InChI=1S/C14H22FNO/c1-3-14(8-9-17)16-11(2)10-12-4-6-13(15)7-5-12/h4-7,11,14,16-17H,3,8-10H2,1-2H3. The number of halogens is 1. The van der Waals surface area contributed by atoms with E-state index in [1.54, 1.807) is 0 Å². The molecule has 0 aliphatic rings. The van der Waals surface area contributed by atoms with Gasteiger partial charge in [-0.05, 0) is 43.9 Å². The molecule has 0 radical (unpaired) electrons. The minimum atomic E-state index is -0.193. The van der Waals surface area contributed by atoms with Crippen LogP contribution in [-0.4, -0.2) is 23.8 Å². The Bertz CT molecular complexity index is 313. The van der Waals surface area contributed by atoms with Crippen LogP contribution in [0.2, 0.25) is 0 Å². The largest absolute Gasteiger partial charge is 0.396 e. The molecule has 2 unspecified atom stereocenters. The number of rotatable bonds is 7. The fraction of sp³-hybridized carbons (Fsp3) is 0.571. The van der Waals surface area contributed by atoms with Gasteiger partial charge in [0.05, 0.1) is 0 Å². The second-order valence-corrected chi connectivity index (χ2v) is 4.52. The molecule has 0 saturated carbocycles. The smallest absolute Gasteiger partial charge is 0.123 e. The van der Waals surface area contributed by atoms with E-state index in [9.17, 15) is 4.39 Å². The second-order valence-electron chi connectivity index (χ2n) is 4.52. The summed E-state index contributed by atoms with van der Waals surface area (Å²) in [5, 5.41) is 12.4. The quantitative estimate of drug-likeness (QED) is 0.766. The lowest BCUT2D eigenvalue weighted by atomic mass is 10.0. The molecule has 0 aliphatic heterocycles. The number of aliphatic hydroxyl groups is 1. The highest BCUT2D eigenvalue weighted by molar-refractivity contribution is 5.17. The van der Waals surface area contributed by atoms with E-state index in [1.807, 2.05) is 12.1 Å². The van der Waals surface area contributed by atoms with Crippen LogP contribution in [0, 0.1) is 5.82 Å². The van der Waals surface area contributed by atoms with Gasteiger partial charge in [0.25, 0.3) is 0 Å². The maximum Gasteiger partial charge on any atom is 0.123 e. The van der Waals surface area contributed by atoms with Crippen molar-refractivity contribution < 1.29 is 9.50 Å². The summed E-state index contributed by atoms with van der Waals surface area (Å²) >= 11 is 0. The summed E-state index contributed by atoms with van der Waals surface area (Å²) in [6.45, 7) is 4.44. The van der Waals surface area contributed by atoms with Crippen molar-refractivity contribution in [1.82, 2.24) is 5.32 Å². The molecule has 2 nitrogen and oxygen atoms in total. The number of hydrogen-bond donors (Lipinski definition) is 2. The lowest BCUT2D eigenvalue weighted by Gasteiger charge is -2.21. The second kappa shape index (κ2) is 7.41. The van der Waals surface area contributed by atoms with E-state index in [0.29, 0.717) is 12.1 Å². The molecule has 0 heterocycles. The van der Waals surface area contributed by atoms with Crippen molar-refractivity contribution >= 4 is 0 Å². The molecule has 2 N–H and O–H groups in total. The number of benzene rings is 1. The van der Waals surface area contributed by atoms with Gasteiger partial charge >= 0.3 is 0 Å². The van der Waals surface area contributed by atoms with Crippen LogP contribution in [0.1, 0.15) is 32.3 Å². The molecule has 1 rings (SSSR count). The monoisotopic (exact) mass is 239 g/mol. The zero-order valence-corrected chi connectivity index (χ0v) is 10.6. The minimum Gasteiger partial charge on any atom is -0.396 e. The lowest BCUT2D eigenvalue weighted by Crippen LogP contribution is -2.38. The molecule has 0 amide bonds. The molecule has 96 valence electrons. The van der Waals surface area contributed by atoms with Gasteiger partial charge in [0.15, 0.2) is 0 Å². The van der Waals surface area contributed by atoms with Crippen molar-refractivity contribution in [1.29, 1.82) is 0 Å². The highest BCUT2D eigenvalue weighted by atomic mass is 19.1. The van der Waals surface area contributed by atoms with Crippen molar-refractivity contribution in [2.75, 3.05) is 6.61 Å². The first-order valence-electron chi connectivity index (χ1n) is 6.27. The summed E-state index contributed by atoms with van der Waals surface area (Å²) in [4.78, 5) is 0. The summed E-state index contributed by atoms with van der Waals surface area (Å²) in [6, 6.07) is 7.31. The van der Waals surface area contributed by atoms with E-state index in [4.69, 9.17) is 5.11 Å². The zero-order chi connectivity index (χ0) is 12.7. The average molecular weight is 239 g/mol. The van der Waals surface area contributed by atoms with Crippen LogP contribution in [0.15, 0.2) is 24.3 Å². The van der Waals surface area contributed by atoms with Crippen LogP contribution in [0.25, 0.3) is 0 Å². The molecule has 17 heavy (non-hydrogen) atoms. The lowest BCUT2D eigenvalue weighted by molar-refractivity contribution is 0.256. The molecule has 0 spiro atoms. The Morgan fingerprint density at radius 2 is 1.94 bits per heavy atom. The summed E-state index contributed by atoms with van der Waals surface area (Å²) in [5.41, 5.74) is 1.13. The Hall–Kier alpha value is -0.930. The first-order chi connectivity index (χ1) is 8.15. The predicted molar refractivity (Wildman–Crippen MR) is 68.5 cm³/mol. The average Bonchev–Trinajstić information content (AvgIpc) is 2.31. The van der Waals surface area contributed by atoms with Crippen molar-refractivity contribution in [2.24, 2.45) is 0 Å². The van der Waals surface area contributed by atoms with Crippen LogP contribution in [0.3, 0.4) is 0 Å². The van der Waals surface area contributed by atoms with Gasteiger partial charge in [-0.3, -0.25) is 0 Å². The van der Waals surface area contributed by atoms with E-state index < -0.39 is 0 Å². The van der Waals surface area contributed by atoms with Gasteiger partial charge in [-0.1, -0.05) is 19.1 Å². The maximum atomic E-state index is 12.7. The Balaban J connectivity index is 2.42. The fourth-order valence-corrected chi connectivity index (χ4v) is 2.00. The Kier molecular flexibility index (Phi) is 6.16. The first kappa shape index (κ1) is 14.1. The number of nitrogens with one attached hydrogen (secondary N) is 1. The molecule has 3 heteroatoms. The third-order valence-electron chi connectivity index (χ3n) is 2.95.